The predicted molar refractivity (Wildman–Crippen MR) is 92.7 cm³/mol. The molecule has 1 nitrogen and oxygen atoms in total. The monoisotopic (exact) mass is 343 g/mol. The summed E-state index contributed by atoms with van der Waals surface area (Å²) in [5.74, 6) is 0.596. The van der Waals surface area contributed by atoms with Crippen molar-refractivity contribution in [3.8, 4) is 0 Å². The van der Waals surface area contributed by atoms with Gasteiger partial charge in [0.1, 0.15) is 0 Å². The van der Waals surface area contributed by atoms with Crippen molar-refractivity contribution in [3.05, 3.63) is 70.2 Å². The fraction of sp³-hybridized carbons (Fsp3) is 0.368. The summed E-state index contributed by atoms with van der Waals surface area (Å²) in [4.78, 5) is 0. The molecule has 1 aliphatic carbocycles. The van der Waals surface area contributed by atoms with Crippen LogP contribution in [-0.2, 0) is 6.42 Å². The Labute approximate surface area is 135 Å². The van der Waals surface area contributed by atoms with E-state index in [2.05, 4.69) is 75.8 Å². The maximum atomic E-state index is 3.69. The zero-order valence-electron chi connectivity index (χ0n) is 12.3. The summed E-state index contributed by atoms with van der Waals surface area (Å²) in [6.45, 7) is 1.10. The Kier molecular flexibility index (Phi) is 5.10. The molecular weight excluding hydrogens is 322 g/mol. The van der Waals surface area contributed by atoms with Crippen molar-refractivity contribution in [2.24, 2.45) is 0 Å². The zero-order valence-corrected chi connectivity index (χ0v) is 13.9. The highest BCUT2D eigenvalue weighted by atomic mass is 79.9. The van der Waals surface area contributed by atoms with Gasteiger partial charge in [0.05, 0.1) is 0 Å². The fourth-order valence-corrected chi connectivity index (χ4v) is 3.22. The molecule has 0 aromatic heterocycles. The minimum atomic E-state index is 0.596. The molecule has 1 N–H and O–H groups in total. The zero-order chi connectivity index (χ0) is 14.5. The van der Waals surface area contributed by atoms with Gasteiger partial charge < -0.3 is 5.32 Å². The first-order valence-corrected chi connectivity index (χ1v) is 8.64. The van der Waals surface area contributed by atoms with Gasteiger partial charge >= 0.3 is 0 Å². The van der Waals surface area contributed by atoms with Crippen LogP contribution in [-0.4, -0.2) is 12.6 Å². The van der Waals surface area contributed by atoms with E-state index in [4.69, 9.17) is 0 Å². The molecule has 0 heterocycles. The lowest BCUT2D eigenvalue weighted by molar-refractivity contribution is 0.548. The molecule has 0 spiro atoms. The fourth-order valence-electron chi connectivity index (χ4n) is 2.74. The molecule has 1 fully saturated rings. The minimum Gasteiger partial charge on any atom is -0.313 e. The SMILES string of the molecule is Brc1ccccc1CCC(CNC1CC1)c1ccccc1. The van der Waals surface area contributed by atoms with Crippen LogP contribution < -0.4 is 5.32 Å². The van der Waals surface area contributed by atoms with Gasteiger partial charge in [-0.05, 0) is 48.8 Å². The molecule has 2 heteroatoms. The van der Waals surface area contributed by atoms with Crippen LogP contribution in [0.5, 0.6) is 0 Å². The molecule has 0 bridgehead atoms. The van der Waals surface area contributed by atoms with E-state index >= 15 is 0 Å². The molecule has 3 rings (SSSR count). The number of aryl methyl sites for hydroxylation is 1. The topological polar surface area (TPSA) is 12.0 Å². The van der Waals surface area contributed by atoms with Crippen LogP contribution in [0.15, 0.2) is 59.1 Å². The largest absolute Gasteiger partial charge is 0.313 e. The summed E-state index contributed by atoms with van der Waals surface area (Å²) in [7, 11) is 0. The van der Waals surface area contributed by atoms with Crippen LogP contribution in [0, 0.1) is 0 Å². The van der Waals surface area contributed by atoms with Crippen LogP contribution in [0.25, 0.3) is 0 Å². The van der Waals surface area contributed by atoms with Crippen LogP contribution in [0.4, 0.5) is 0 Å². The number of hydrogen-bond donors (Lipinski definition) is 1. The Balaban J connectivity index is 1.65. The van der Waals surface area contributed by atoms with Crippen molar-refractivity contribution < 1.29 is 0 Å². The molecule has 0 amide bonds. The molecular formula is C19H22BrN. The van der Waals surface area contributed by atoms with Crippen LogP contribution >= 0.6 is 15.9 Å². The summed E-state index contributed by atoms with van der Waals surface area (Å²) in [5, 5.41) is 3.69. The third-order valence-corrected chi connectivity index (χ3v) is 4.99. The van der Waals surface area contributed by atoms with Crippen molar-refractivity contribution in [1.29, 1.82) is 0 Å². The van der Waals surface area contributed by atoms with Gasteiger partial charge in [-0.2, -0.15) is 0 Å². The van der Waals surface area contributed by atoms with Gasteiger partial charge in [-0.15, -0.1) is 0 Å². The average molecular weight is 344 g/mol. The van der Waals surface area contributed by atoms with Gasteiger partial charge in [0.25, 0.3) is 0 Å². The number of benzene rings is 2. The van der Waals surface area contributed by atoms with E-state index in [1.807, 2.05) is 0 Å². The second kappa shape index (κ2) is 7.24. The molecule has 110 valence electrons. The van der Waals surface area contributed by atoms with E-state index < -0.39 is 0 Å². The first-order chi connectivity index (χ1) is 10.3. The van der Waals surface area contributed by atoms with E-state index in [-0.39, 0.29) is 0 Å². The van der Waals surface area contributed by atoms with Crippen molar-refractivity contribution in [2.45, 2.75) is 37.6 Å². The standard InChI is InChI=1S/C19H22BrN/c20-19-9-5-4-8-16(19)10-11-17(14-21-18-12-13-18)15-6-2-1-3-7-15/h1-9,17-18,21H,10-14H2. The second-order valence-corrected chi connectivity index (χ2v) is 6.77. The predicted octanol–water partition coefficient (Wildman–Crippen LogP) is 4.92. The minimum absolute atomic E-state index is 0.596. The summed E-state index contributed by atoms with van der Waals surface area (Å²) in [5.41, 5.74) is 2.86. The summed E-state index contributed by atoms with van der Waals surface area (Å²) in [6, 6.07) is 20.3. The van der Waals surface area contributed by atoms with E-state index in [1.54, 1.807) is 0 Å². The van der Waals surface area contributed by atoms with E-state index in [0.717, 1.165) is 19.0 Å². The normalized spacial score (nSPS) is 15.9. The number of halogens is 1. The highest BCUT2D eigenvalue weighted by Gasteiger charge is 2.22. The number of nitrogens with one attached hydrogen (secondary N) is 1. The molecule has 1 saturated carbocycles. The first kappa shape index (κ1) is 14.8. The molecule has 0 radical (unpaired) electrons. The van der Waals surface area contributed by atoms with Crippen LogP contribution in [0.1, 0.15) is 36.3 Å². The molecule has 1 aliphatic rings. The molecule has 21 heavy (non-hydrogen) atoms. The van der Waals surface area contributed by atoms with Crippen LogP contribution in [0.3, 0.4) is 0 Å². The molecule has 1 unspecified atom stereocenters. The van der Waals surface area contributed by atoms with Gasteiger partial charge in [-0.3, -0.25) is 0 Å². The highest BCUT2D eigenvalue weighted by Crippen LogP contribution is 2.26. The third-order valence-electron chi connectivity index (χ3n) is 4.22. The number of rotatable bonds is 7. The van der Waals surface area contributed by atoms with Crippen LogP contribution in [0.2, 0.25) is 0 Å². The van der Waals surface area contributed by atoms with Gasteiger partial charge in [-0.1, -0.05) is 64.5 Å². The van der Waals surface area contributed by atoms with Crippen molar-refractivity contribution in [2.75, 3.05) is 6.54 Å². The Hall–Kier alpha value is -1.12. The maximum Gasteiger partial charge on any atom is 0.0207 e. The van der Waals surface area contributed by atoms with Gasteiger partial charge in [0.2, 0.25) is 0 Å². The lowest BCUT2D eigenvalue weighted by Gasteiger charge is -2.18. The quantitative estimate of drug-likeness (QED) is 0.752. The van der Waals surface area contributed by atoms with Gasteiger partial charge in [0.15, 0.2) is 0 Å². The maximum absolute atomic E-state index is 3.69. The molecule has 1 atom stereocenters. The van der Waals surface area contributed by atoms with Crippen molar-refractivity contribution in [1.82, 2.24) is 5.32 Å². The van der Waals surface area contributed by atoms with Crippen molar-refractivity contribution >= 4 is 15.9 Å². The second-order valence-electron chi connectivity index (χ2n) is 5.92. The molecule has 0 saturated heterocycles. The lowest BCUT2D eigenvalue weighted by atomic mass is 9.92. The summed E-state index contributed by atoms with van der Waals surface area (Å²) >= 11 is 3.66. The molecule has 2 aromatic rings. The lowest BCUT2D eigenvalue weighted by Crippen LogP contribution is -2.24. The van der Waals surface area contributed by atoms with Gasteiger partial charge in [0, 0.05) is 17.1 Å². The first-order valence-electron chi connectivity index (χ1n) is 7.84. The Bertz CT molecular complexity index is 563. The third kappa shape index (κ3) is 4.42. The van der Waals surface area contributed by atoms with Crippen molar-refractivity contribution in [3.63, 3.8) is 0 Å². The van der Waals surface area contributed by atoms with E-state index in [0.29, 0.717) is 5.92 Å². The average Bonchev–Trinajstić information content (AvgIpc) is 3.34. The Morgan fingerprint density at radius 3 is 2.43 bits per heavy atom. The Morgan fingerprint density at radius 2 is 1.71 bits per heavy atom. The van der Waals surface area contributed by atoms with E-state index in [9.17, 15) is 0 Å². The molecule has 2 aromatic carbocycles. The number of hydrogen-bond acceptors (Lipinski definition) is 1. The molecule has 0 aliphatic heterocycles. The van der Waals surface area contributed by atoms with E-state index in [1.165, 1.54) is 34.9 Å². The summed E-state index contributed by atoms with van der Waals surface area (Å²) < 4.78 is 1.23. The highest BCUT2D eigenvalue weighted by molar-refractivity contribution is 9.10. The Morgan fingerprint density at radius 1 is 1.00 bits per heavy atom. The summed E-state index contributed by atoms with van der Waals surface area (Å²) in [6.07, 6.45) is 5.01. The van der Waals surface area contributed by atoms with Gasteiger partial charge in [-0.25, -0.2) is 0 Å². The smallest absolute Gasteiger partial charge is 0.0207 e.